The molecular formula is C22H28N2O3. The standard InChI is InChI=1S/C22H28N2O3/c1-6-16-9-7-8-10-19(16)24-21(26)22(4,5)20(25)23-17-11-13-18(14-12-17)27-15(2)3/h7-15H,6H2,1-5H3,(H,23,25)(H,24,26). The fourth-order valence-corrected chi connectivity index (χ4v) is 2.51. The Bertz CT molecular complexity index is 795. The molecule has 0 bridgehead atoms. The Morgan fingerprint density at radius 1 is 0.963 bits per heavy atom. The van der Waals surface area contributed by atoms with Gasteiger partial charge < -0.3 is 15.4 Å². The summed E-state index contributed by atoms with van der Waals surface area (Å²) in [5, 5.41) is 5.68. The van der Waals surface area contributed by atoms with Crippen LogP contribution < -0.4 is 15.4 Å². The summed E-state index contributed by atoms with van der Waals surface area (Å²) in [5.74, 6) is 0.0170. The number of ether oxygens (including phenoxy) is 1. The predicted octanol–water partition coefficient (Wildman–Crippen LogP) is 4.64. The van der Waals surface area contributed by atoms with Crippen molar-refractivity contribution >= 4 is 23.2 Å². The van der Waals surface area contributed by atoms with Crippen molar-refractivity contribution in [2.24, 2.45) is 5.41 Å². The van der Waals surface area contributed by atoms with Crippen LogP contribution in [0.4, 0.5) is 11.4 Å². The SMILES string of the molecule is CCc1ccccc1NC(=O)C(C)(C)C(=O)Nc1ccc(OC(C)C)cc1. The number of carbonyl (C=O) groups excluding carboxylic acids is 2. The van der Waals surface area contributed by atoms with E-state index in [1.54, 1.807) is 38.1 Å². The largest absolute Gasteiger partial charge is 0.491 e. The number of aryl methyl sites for hydroxylation is 1. The number of carbonyl (C=O) groups is 2. The van der Waals surface area contributed by atoms with Gasteiger partial charge in [-0.1, -0.05) is 25.1 Å². The molecule has 27 heavy (non-hydrogen) atoms. The van der Waals surface area contributed by atoms with Crippen molar-refractivity contribution in [2.75, 3.05) is 10.6 Å². The highest BCUT2D eigenvalue weighted by molar-refractivity contribution is 6.14. The number of anilines is 2. The first kappa shape index (κ1) is 20.5. The van der Waals surface area contributed by atoms with Gasteiger partial charge in [0.15, 0.2) is 0 Å². The van der Waals surface area contributed by atoms with Gasteiger partial charge in [-0.05, 0) is 70.0 Å². The van der Waals surface area contributed by atoms with E-state index in [-0.39, 0.29) is 17.9 Å². The second-order valence-electron chi connectivity index (χ2n) is 7.23. The molecular weight excluding hydrogens is 340 g/mol. The van der Waals surface area contributed by atoms with Crippen molar-refractivity contribution in [2.45, 2.75) is 47.1 Å². The summed E-state index contributed by atoms with van der Waals surface area (Å²) in [5.41, 5.74) is 1.16. The zero-order chi connectivity index (χ0) is 20.0. The van der Waals surface area contributed by atoms with Crippen LogP contribution in [-0.4, -0.2) is 17.9 Å². The number of hydrogen-bond donors (Lipinski definition) is 2. The number of benzene rings is 2. The van der Waals surface area contributed by atoms with Crippen molar-refractivity contribution in [1.82, 2.24) is 0 Å². The highest BCUT2D eigenvalue weighted by atomic mass is 16.5. The zero-order valence-corrected chi connectivity index (χ0v) is 16.6. The molecule has 0 aliphatic rings. The highest BCUT2D eigenvalue weighted by Gasteiger charge is 2.36. The van der Waals surface area contributed by atoms with Crippen molar-refractivity contribution in [3.63, 3.8) is 0 Å². The molecule has 0 aliphatic heterocycles. The minimum Gasteiger partial charge on any atom is -0.491 e. The second kappa shape index (κ2) is 8.71. The van der Waals surface area contributed by atoms with Crippen molar-refractivity contribution in [1.29, 1.82) is 0 Å². The van der Waals surface area contributed by atoms with E-state index < -0.39 is 5.41 Å². The number of rotatable bonds is 7. The Hall–Kier alpha value is -2.82. The Morgan fingerprint density at radius 3 is 2.15 bits per heavy atom. The fraction of sp³-hybridized carbons (Fsp3) is 0.364. The Kier molecular flexibility index (Phi) is 6.61. The third-order valence-electron chi connectivity index (χ3n) is 4.27. The summed E-state index contributed by atoms with van der Waals surface area (Å²) < 4.78 is 5.59. The maximum absolute atomic E-state index is 12.7. The van der Waals surface area contributed by atoms with Gasteiger partial charge in [-0.15, -0.1) is 0 Å². The lowest BCUT2D eigenvalue weighted by atomic mass is 9.90. The van der Waals surface area contributed by atoms with Gasteiger partial charge in [-0.25, -0.2) is 0 Å². The smallest absolute Gasteiger partial charge is 0.239 e. The van der Waals surface area contributed by atoms with Gasteiger partial charge in [-0.2, -0.15) is 0 Å². The number of amides is 2. The van der Waals surface area contributed by atoms with Crippen LogP contribution in [0.5, 0.6) is 5.75 Å². The molecule has 2 rings (SSSR count). The third-order valence-corrected chi connectivity index (χ3v) is 4.27. The lowest BCUT2D eigenvalue weighted by molar-refractivity contribution is -0.135. The molecule has 0 fully saturated rings. The zero-order valence-electron chi connectivity index (χ0n) is 16.6. The van der Waals surface area contributed by atoms with Crippen molar-refractivity contribution in [3.05, 3.63) is 54.1 Å². The monoisotopic (exact) mass is 368 g/mol. The van der Waals surface area contributed by atoms with Crippen LogP contribution in [0, 0.1) is 5.41 Å². The molecule has 0 saturated carbocycles. The van der Waals surface area contributed by atoms with Gasteiger partial charge in [0, 0.05) is 11.4 Å². The molecule has 2 aromatic carbocycles. The molecule has 2 amide bonds. The summed E-state index contributed by atoms with van der Waals surface area (Å²) in [6.45, 7) is 9.15. The molecule has 0 radical (unpaired) electrons. The first-order valence-electron chi connectivity index (χ1n) is 9.21. The van der Waals surface area contributed by atoms with E-state index in [1.165, 1.54) is 0 Å². The van der Waals surface area contributed by atoms with Crippen LogP contribution in [0.3, 0.4) is 0 Å². The molecule has 0 unspecified atom stereocenters. The van der Waals surface area contributed by atoms with E-state index in [0.717, 1.165) is 23.4 Å². The molecule has 0 atom stereocenters. The van der Waals surface area contributed by atoms with E-state index in [2.05, 4.69) is 10.6 Å². The van der Waals surface area contributed by atoms with Gasteiger partial charge >= 0.3 is 0 Å². The van der Waals surface area contributed by atoms with Crippen molar-refractivity contribution in [3.8, 4) is 5.75 Å². The van der Waals surface area contributed by atoms with Gasteiger partial charge in [0.1, 0.15) is 11.2 Å². The summed E-state index contributed by atoms with van der Waals surface area (Å²) in [6, 6.07) is 14.7. The van der Waals surface area contributed by atoms with E-state index >= 15 is 0 Å². The Balaban J connectivity index is 2.06. The molecule has 0 spiro atoms. The molecule has 5 nitrogen and oxygen atoms in total. The average Bonchev–Trinajstić information content (AvgIpc) is 2.63. The lowest BCUT2D eigenvalue weighted by Crippen LogP contribution is -2.41. The van der Waals surface area contributed by atoms with Gasteiger partial charge in [0.05, 0.1) is 6.10 Å². The van der Waals surface area contributed by atoms with E-state index in [1.807, 2.05) is 45.0 Å². The van der Waals surface area contributed by atoms with Gasteiger partial charge in [0.2, 0.25) is 11.8 Å². The van der Waals surface area contributed by atoms with Crippen LogP contribution >= 0.6 is 0 Å². The molecule has 0 heterocycles. The summed E-state index contributed by atoms with van der Waals surface area (Å²) in [4.78, 5) is 25.4. The van der Waals surface area contributed by atoms with Crippen LogP contribution in [-0.2, 0) is 16.0 Å². The van der Waals surface area contributed by atoms with E-state index in [0.29, 0.717) is 5.69 Å². The van der Waals surface area contributed by atoms with Gasteiger partial charge in [0.25, 0.3) is 0 Å². The summed E-state index contributed by atoms with van der Waals surface area (Å²) in [6.07, 6.45) is 0.882. The molecule has 0 aromatic heterocycles. The highest BCUT2D eigenvalue weighted by Crippen LogP contribution is 2.24. The maximum atomic E-state index is 12.7. The lowest BCUT2D eigenvalue weighted by Gasteiger charge is -2.23. The van der Waals surface area contributed by atoms with E-state index in [9.17, 15) is 9.59 Å². The number of nitrogens with one attached hydrogen (secondary N) is 2. The number of hydrogen-bond acceptors (Lipinski definition) is 3. The average molecular weight is 368 g/mol. The topological polar surface area (TPSA) is 67.4 Å². The molecule has 2 aromatic rings. The summed E-state index contributed by atoms with van der Waals surface area (Å²) in [7, 11) is 0. The van der Waals surface area contributed by atoms with Crippen LogP contribution in [0.25, 0.3) is 0 Å². The first-order valence-corrected chi connectivity index (χ1v) is 9.21. The van der Waals surface area contributed by atoms with Crippen LogP contribution in [0.2, 0.25) is 0 Å². The molecule has 0 aliphatic carbocycles. The Labute approximate surface area is 161 Å². The van der Waals surface area contributed by atoms with Crippen molar-refractivity contribution < 1.29 is 14.3 Å². The molecule has 5 heteroatoms. The minimum atomic E-state index is -1.23. The third kappa shape index (κ3) is 5.33. The van der Waals surface area contributed by atoms with Crippen LogP contribution in [0.15, 0.2) is 48.5 Å². The van der Waals surface area contributed by atoms with E-state index in [4.69, 9.17) is 4.74 Å². The molecule has 0 saturated heterocycles. The second-order valence-corrected chi connectivity index (χ2v) is 7.23. The molecule has 144 valence electrons. The van der Waals surface area contributed by atoms with Gasteiger partial charge in [-0.3, -0.25) is 9.59 Å². The predicted molar refractivity (Wildman–Crippen MR) is 109 cm³/mol. The molecule has 2 N–H and O–H groups in total. The van der Waals surface area contributed by atoms with Crippen LogP contribution in [0.1, 0.15) is 40.2 Å². The summed E-state index contributed by atoms with van der Waals surface area (Å²) >= 11 is 0. The maximum Gasteiger partial charge on any atom is 0.239 e. The number of para-hydroxylation sites is 1. The first-order chi connectivity index (χ1) is 12.7. The minimum absolute atomic E-state index is 0.0825. The normalized spacial score (nSPS) is 11.2. The Morgan fingerprint density at radius 2 is 1.56 bits per heavy atom. The fourth-order valence-electron chi connectivity index (χ4n) is 2.51. The quantitative estimate of drug-likeness (QED) is 0.700.